The smallest absolute Gasteiger partial charge is 0.337 e. The molecule has 1 heterocycles. The molecule has 6 heteroatoms. The molecular weight excluding hydrogens is 413 g/mol. The first kappa shape index (κ1) is 18.8. The molecule has 4 rings (SSSR count). The first-order chi connectivity index (χ1) is 13.5. The van der Waals surface area contributed by atoms with Gasteiger partial charge < -0.3 is 5.11 Å². The number of fused-ring (bicyclic) bond motifs is 1. The van der Waals surface area contributed by atoms with E-state index in [4.69, 9.17) is 28.2 Å². The third kappa shape index (κ3) is 3.72. The van der Waals surface area contributed by atoms with Crippen LogP contribution in [0.1, 0.15) is 10.4 Å². The lowest BCUT2D eigenvalue weighted by Crippen LogP contribution is -2.04. The number of halogens is 2. The van der Waals surface area contributed by atoms with Gasteiger partial charge in [-0.25, -0.2) is 9.78 Å². The lowest BCUT2D eigenvalue weighted by atomic mass is 10.0. The molecule has 1 N–H and O–H groups in total. The van der Waals surface area contributed by atoms with Crippen LogP contribution in [0.15, 0.2) is 82.6 Å². The lowest BCUT2D eigenvalue weighted by Gasteiger charge is -2.15. The lowest BCUT2D eigenvalue weighted by molar-refractivity contribution is 0.0695. The highest BCUT2D eigenvalue weighted by Crippen LogP contribution is 2.41. The summed E-state index contributed by atoms with van der Waals surface area (Å²) in [6.07, 6.45) is 0. The zero-order valence-corrected chi connectivity index (χ0v) is 16.7. The van der Waals surface area contributed by atoms with Crippen molar-refractivity contribution in [2.75, 3.05) is 0 Å². The number of nitrogens with zero attached hydrogens (tertiary/aromatic N) is 1. The van der Waals surface area contributed by atoms with Crippen molar-refractivity contribution in [1.29, 1.82) is 0 Å². The van der Waals surface area contributed by atoms with Crippen molar-refractivity contribution in [2.24, 2.45) is 0 Å². The predicted molar refractivity (Wildman–Crippen MR) is 115 cm³/mol. The maximum absolute atomic E-state index is 12.2. The molecule has 0 atom stereocenters. The fourth-order valence-corrected chi connectivity index (χ4v) is 4.25. The van der Waals surface area contributed by atoms with Crippen LogP contribution in [0, 0.1) is 0 Å². The van der Waals surface area contributed by atoms with E-state index in [0.29, 0.717) is 31.5 Å². The molecule has 0 aliphatic heterocycles. The highest BCUT2D eigenvalue weighted by atomic mass is 35.5. The molecule has 0 fully saturated rings. The molecule has 1 aromatic heterocycles. The number of benzene rings is 3. The Labute approximate surface area is 175 Å². The van der Waals surface area contributed by atoms with Crippen molar-refractivity contribution < 1.29 is 9.90 Å². The first-order valence-electron chi connectivity index (χ1n) is 8.38. The van der Waals surface area contributed by atoms with E-state index in [1.807, 2.05) is 42.5 Å². The molecule has 0 radical (unpaired) electrons. The number of carboxylic acid groups (broad SMARTS) is 1. The molecule has 138 valence electrons. The Morgan fingerprint density at radius 2 is 1.46 bits per heavy atom. The van der Waals surface area contributed by atoms with Crippen molar-refractivity contribution >= 4 is 51.8 Å². The van der Waals surface area contributed by atoms with Crippen LogP contribution in [0.4, 0.5) is 0 Å². The van der Waals surface area contributed by atoms with Crippen molar-refractivity contribution in [1.82, 2.24) is 4.98 Å². The van der Waals surface area contributed by atoms with Crippen molar-refractivity contribution in [3.63, 3.8) is 0 Å². The molecule has 0 bridgehead atoms. The van der Waals surface area contributed by atoms with Gasteiger partial charge in [-0.1, -0.05) is 65.3 Å². The van der Waals surface area contributed by atoms with Crippen LogP contribution in [0.2, 0.25) is 10.0 Å². The van der Waals surface area contributed by atoms with Gasteiger partial charge in [0.15, 0.2) is 0 Å². The number of rotatable bonds is 4. The topological polar surface area (TPSA) is 50.2 Å². The number of carbonyl (C=O) groups is 1. The Balaban J connectivity index is 2.01. The van der Waals surface area contributed by atoms with E-state index in [0.717, 1.165) is 10.5 Å². The molecule has 0 saturated heterocycles. The summed E-state index contributed by atoms with van der Waals surface area (Å²) in [5.41, 5.74) is 2.27. The van der Waals surface area contributed by atoms with Gasteiger partial charge in [0, 0.05) is 25.9 Å². The van der Waals surface area contributed by atoms with Gasteiger partial charge in [0.2, 0.25) is 0 Å². The SMILES string of the molecule is O=C(O)c1c(Sc2ccc(Cl)cc2)c(-c2ccc(Cl)cc2)nc2ccccc12. The molecule has 0 aliphatic rings. The number of hydrogen-bond acceptors (Lipinski definition) is 3. The van der Waals surface area contributed by atoms with Crippen molar-refractivity contribution in [3.8, 4) is 11.3 Å². The molecule has 3 aromatic carbocycles. The molecule has 3 nitrogen and oxygen atoms in total. The summed E-state index contributed by atoms with van der Waals surface area (Å²) in [5, 5.41) is 11.8. The Morgan fingerprint density at radius 1 is 0.857 bits per heavy atom. The summed E-state index contributed by atoms with van der Waals surface area (Å²) >= 11 is 13.4. The van der Waals surface area contributed by atoms with E-state index in [9.17, 15) is 9.90 Å². The minimum atomic E-state index is -0.995. The van der Waals surface area contributed by atoms with Gasteiger partial charge in [0.05, 0.1) is 21.7 Å². The summed E-state index contributed by atoms with van der Waals surface area (Å²) < 4.78 is 0. The number of para-hydroxylation sites is 1. The van der Waals surface area contributed by atoms with E-state index < -0.39 is 5.97 Å². The monoisotopic (exact) mass is 425 g/mol. The zero-order chi connectivity index (χ0) is 19.7. The van der Waals surface area contributed by atoms with E-state index >= 15 is 0 Å². The van der Waals surface area contributed by atoms with Gasteiger partial charge in [-0.2, -0.15) is 0 Å². The van der Waals surface area contributed by atoms with Crippen LogP contribution in [-0.4, -0.2) is 16.1 Å². The Bertz CT molecular complexity index is 1180. The number of pyridine rings is 1. The van der Waals surface area contributed by atoms with Crippen LogP contribution < -0.4 is 0 Å². The Hall–Kier alpha value is -2.53. The van der Waals surface area contributed by atoms with Gasteiger partial charge in [-0.05, 0) is 42.5 Å². The maximum atomic E-state index is 12.2. The van der Waals surface area contributed by atoms with Gasteiger partial charge >= 0.3 is 5.97 Å². The van der Waals surface area contributed by atoms with Gasteiger partial charge in [0.1, 0.15) is 0 Å². The average molecular weight is 426 g/mol. The number of hydrogen-bond donors (Lipinski definition) is 1. The minimum Gasteiger partial charge on any atom is -0.478 e. The highest BCUT2D eigenvalue weighted by molar-refractivity contribution is 7.99. The number of carboxylic acids is 1. The third-order valence-electron chi connectivity index (χ3n) is 4.21. The zero-order valence-electron chi connectivity index (χ0n) is 14.4. The van der Waals surface area contributed by atoms with Crippen LogP contribution in [0.25, 0.3) is 22.2 Å². The Morgan fingerprint density at radius 3 is 2.11 bits per heavy atom. The maximum Gasteiger partial charge on any atom is 0.337 e. The second-order valence-electron chi connectivity index (χ2n) is 6.05. The molecule has 0 amide bonds. The third-order valence-corrected chi connectivity index (χ3v) is 5.83. The summed E-state index contributed by atoms with van der Waals surface area (Å²) in [6.45, 7) is 0. The summed E-state index contributed by atoms with van der Waals surface area (Å²) in [7, 11) is 0. The van der Waals surface area contributed by atoms with Gasteiger partial charge in [-0.3, -0.25) is 0 Å². The highest BCUT2D eigenvalue weighted by Gasteiger charge is 2.22. The normalized spacial score (nSPS) is 10.9. The summed E-state index contributed by atoms with van der Waals surface area (Å²) in [4.78, 5) is 18.5. The van der Waals surface area contributed by atoms with Gasteiger partial charge in [-0.15, -0.1) is 0 Å². The van der Waals surface area contributed by atoms with Crippen LogP contribution >= 0.6 is 35.0 Å². The van der Waals surface area contributed by atoms with Crippen LogP contribution in [0.5, 0.6) is 0 Å². The van der Waals surface area contributed by atoms with E-state index in [2.05, 4.69) is 0 Å². The molecule has 28 heavy (non-hydrogen) atoms. The fourth-order valence-electron chi connectivity index (χ4n) is 2.93. The molecule has 4 aromatic rings. The Kier molecular flexibility index (Phi) is 5.27. The van der Waals surface area contributed by atoms with Crippen LogP contribution in [0.3, 0.4) is 0 Å². The van der Waals surface area contributed by atoms with Crippen LogP contribution in [-0.2, 0) is 0 Å². The first-order valence-corrected chi connectivity index (χ1v) is 9.95. The van der Waals surface area contributed by atoms with Crippen molar-refractivity contribution in [3.05, 3.63) is 88.4 Å². The second-order valence-corrected chi connectivity index (χ2v) is 8.01. The van der Waals surface area contributed by atoms with E-state index in [1.54, 1.807) is 30.3 Å². The van der Waals surface area contributed by atoms with E-state index in [-0.39, 0.29) is 5.56 Å². The summed E-state index contributed by atoms with van der Waals surface area (Å²) in [5.74, 6) is -0.995. The minimum absolute atomic E-state index is 0.232. The number of aromatic nitrogens is 1. The average Bonchev–Trinajstić information content (AvgIpc) is 2.69. The standard InChI is InChI=1S/C22H13Cl2NO2S/c23-14-7-5-13(6-8-14)20-21(28-16-11-9-15(24)10-12-16)19(22(26)27)17-3-1-2-4-18(17)25-20/h1-12H,(H,26,27). The van der Waals surface area contributed by atoms with Crippen molar-refractivity contribution in [2.45, 2.75) is 9.79 Å². The number of aromatic carboxylic acids is 1. The second kappa shape index (κ2) is 7.84. The molecule has 0 aliphatic carbocycles. The largest absolute Gasteiger partial charge is 0.478 e. The van der Waals surface area contributed by atoms with E-state index in [1.165, 1.54) is 11.8 Å². The summed E-state index contributed by atoms with van der Waals surface area (Å²) in [6, 6.07) is 21.8. The molecule has 0 spiro atoms. The molecular formula is C22H13Cl2NO2S. The molecule has 0 unspecified atom stereocenters. The predicted octanol–water partition coefficient (Wildman–Crippen LogP) is 7.06. The quantitative estimate of drug-likeness (QED) is 0.380. The fraction of sp³-hybridized carbons (Fsp3) is 0. The molecule has 0 saturated carbocycles. The van der Waals surface area contributed by atoms with Gasteiger partial charge in [0.25, 0.3) is 0 Å².